The summed E-state index contributed by atoms with van der Waals surface area (Å²) in [6, 6.07) is 18.3. The molecule has 7 heteroatoms. The Hall–Kier alpha value is -3.45. The van der Waals surface area contributed by atoms with Gasteiger partial charge in [-0.1, -0.05) is 62.4 Å². The van der Waals surface area contributed by atoms with Gasteiger partial charge in [0.2, 0.25) is 5.95 Å². The number of hydrogen-bond donors (Lipinski definition) is 1. The predicted molar refractivity (Wildman–Crippen MR) is 138 cm³/mol. The molecule has 7 nitrogen and oxygen atoms in total. The second kappa shape index (κ2) is 11.8. The van der Waals surface area contributed by atoms with Gasteiger partial charge in [-0.3, -0.25) is 4.90 Å². The van der Waals surface area contributed by atoms with Crippen molar-refractivity contribution in [3.05, 3.63) is 83.2 Å². The van der Waals surface area contributed by atoms with Gasteiger partial charge in [-0.05, 0) is 36.0 Å². The Morgan fingerprint density at radius 3 is 2.43 bits per heavy atom. The molecule has 1 aliphatic heterocycles. The first-order chi connectivity index (χ1) is 17.0. The van der Waals surface area contributed by atoms with Crippen molar-refractivity contribution >= 4 is 11.9 Å². The van der Waals surface area contributed by atoms with Crippen LogP contribution in [-0.2, 0) is 12.8 Å². The fourth-order valence-electron chi connectivity index (χ4n) is 4.38. The van der Waals surface area contributed by atoms with Gasteiger partial charge in [0.05, 0.1) is 11.3 Å². The zero-order chi connectivity index (χ0) is 24.6. The highest BCUT2D eigenvalue weighted by atomic mass is 16.5. The summed E-state index contributed by atoms with van der Waals surface area (Å²) in [5.74, 6) is 1.03. The summed E-state index contributed by atoms with van der Waals surface area (Å²) in [6.07, 6.45) is 2.76. The molecule has 0 radical (unpaired) electrons. The van der Waals surface area contributed by atoms with Crippen LogP contribution in [0.2, 0.25) is 0 Å². The Morgan fingerprint density at radius 2 is 1.71 bits per heavy atom. The Labute approximate surface area is 207 Å². The molecule has 4 rings (SSSR count). The second-order valence-electron chi connectivity index (χ2n) is 9.19. The van der Waals surface area contributed by atoms with Gasteiger partial charge in [-0.2, -0.15) is 0 Å². The van der Waals surface area contributed by atoms with E-state index in [1.165, 1.54) is 11.8 Å². The quantitative estimate of drug-likeness (QED) is 0.470. The van der Waals surface area contributed by atoms with Gasteiger partial charge in [-0.15, -0.1) is 0 Å². The molecule has 3 aromatic rings. The van der Waals surface area contributed by atoms with Crippen LogP contribution in [0, 0.1) is 0 Å². The fraction of sp³-hybridized carbons (Fsp3) is 0.393. The van der Waals surface area contributed by atoms with Crippen molar-refractivity contribution in [3.8, 4) is 5.75 Å². The zero-order valence-electron chi connectivity index (χ0n) is 20.6. The summed E-state index contributed by atoms with van der Waals surface area (Å²) >= 11 is 0. The number of ether oxygens (including phenoxy) is 1. The van der Waals surface area contributed by atoms with Crippen molar-refractivity contribution in [1.29, 1.82) is 0 Å². The van der Waals surface area contributed by atoms with E-state index in [-0.39, 0.29) is 5.56 Å². The monoisotopic (exact) mass is 474 g/mol. The summed E-state index contributed by atoms with van der Waals surface area (Å²) in [5, 5.41) is 9.60. The summed E-state index contributed by atoms with van der Waals surface area (Å²) in [6.45, 7) is 9.25. The molecule has 1 aliphatic rings. The lowest BCUT2D eigenvalue weighted by molar-refractivity contribution is 0.0694. The minimum Gasteiger partial charge on any atom is -0.492 e. The molecule has 2 aromatic carbocycles. The standard InChI is InChI=1S/C28H34N4O3/c1-21(2)23-10-6-7-11-26(23)35-19-18-31-14-16-32(17-15-31)28-29-20-24(27(33)34)25(30-28)13-12-22-8-4-3-5-9-22/h3-11,20-21H,12-19H2,1-2H3,(H,33,34). The number of aryl methyl sites for hydroxylation is 2. The number of para-hydroxylation sites is 1. The minimum absolute atomic E-state index is 0.183. The topological polar surface area (TPSA) is 78.8 Å². The minimum atomic E-state index is -0.983. The Balaban J connectivity index is 1.32. The van der Waals surface area contributed by atoms with E-state index in [0.29, 0.717) is 30.6 Å². The highest BCUT2D eigenvalue weighted by Crippen LogP contribution is 2.25. The smallest absolute Gasteiger partial charge is 0.339 e. The molecule has 0 amide bonds. The van der Waals surface area contributed by atoms with E-state index in [1.807, 2.05) is 42.5 Å². The molecule has 1 saturated heterocycles. The van der Waals surface area contributed by atoms with E-state index >= 15 is 0 Å². The molecule has 0 bridgehead atoms. The summed E-state index contributed by atoms with van der Waals surface area (Å²) in [5.41, 5.74) is 3.17. The number of benzene rings is 2. The lowest BCUT2D eigenvalue weighted by Gasteiger charge is -2.34. The van der Waals surface area contributed by atoms with Gasteiger partial charge < -0.3 is 14.7 Å². The van der Waals surface area contributed by atoms with Crippen LogP contribution >= 0.6 is 0 Å². The highest BCUT2D eigenvalue weighted by Gasteiger charge is 2.21. The number of carbonyl (C=O) groups is 1. The maximum atomic E-state index is 11.7. The zero-order valence-corrected chi connectivity index (χ0v) is 20.6. The van der Waals surface area contributed by atoms with Gasteiger partial charge in [0.1, 0.15) is 12.4 Å². The molecule has 35 heavy (non-hydrogen) atoms. The van der Waals surface area contributed by atoms with Crippen molar-refractivity contribution in [2.45, 2.75) is 32.6 Å². The number of carboxylic acid groups (broad SMARTS) is 1. The highest BCUT2D eigenvalue weighted by molar-refractivity contribution is 5.88. The van der Waals surface area contributed by atoms with Gasteiger partial charge >= 0.3 is 5.97 Å². The molecule has 1 N–H and O–H groups in total. The number of anilines is 1. The van der Waals surface area contributed by atoms with Crippen LogP contribution in [0.1, 0.15) is 46.9 Å². The lowest BCUT2D eigenvalue weighted by atomic mass is 10.0. The molecule has 0 saturated carbocycles. The van der Waals surface area contributed by atoms with Crippen molar-refractivity contribution in [1.82, 2.24) is 14.9 Å². The number of carboxylic acids is 1. The molecule has 1 fully saturated rings. The molecule has 0 unspecified atom stereocenters. The largest absolute Gasteiger partial charge is 0.492 e. The van der Waals surface area contributed by atoms with Crippen LogP contribution < -0.4 is 9.64 Å². The third kappa shape index (κ3) is 6.57. The first-order valence-electron chi connectivity index (χ1n) is 12.3. The molecular formula is C28H34N4O3. The Morgan fingerprint density at radius 1 is 1.00 bits per heavy atom. The normalized spacial score (nSPS) is 14.3. The van der Waals surface area contributed by atoms with E-state index in [1.54, 1.807) is 0 Å². The number of nitrogens with zero attached hydrogens (tertiary/aromatic N) is 4. The van der Waals surface area contributed by atoms with Crippen molar-refractivity contribution in [2.75, 3.05) is 44.2 Å². The maximum Gasteiger partial charge on any atom is 0.339 e. The summed E-state index contributed by atoms with van der Waals surface area (Å²) in [4.78, 5) is 25.3. The number of aromatic carboxylic acids is 1. The van der Waals surface area contributed by atoms with Gasteiger partial charge in [0.25, 0.3) is 0 Å². The summed E-state index contributed by atoms with van der Waals surface area (Å²) < 4.78 is 6.09. The molecule has 184 valence electrons. The van der Waals surface area contributed by atoms with Gasteiger partial charge in [-0.25, -0.2) is 14.8 Å². The molecular weight excluding hydrogens is 440 g/mol. The maximum absolute atomic E-state index is 11.7. The first-order valence-corrected chi connectivity index (χ1v) is 12.3. The molecule has 0 aliphatic carbocycles. The molecule has 0 atom stereocenters. The molecule has 0 spiro atoms. The first kappa shape index (κ1) is 24.7. The molecule has 1 aromatic heterocycles. The van der Waals surface area contributed by atoms with Crippen LogP contribution in [-0.4, -0.2) is 65.3 Å². The lowest BCUT2D eigenvalue weighted by Crippen LogP contribution is -2.48. The average molecular weight is 475 g/mol. The van der Waals surface area contributed by atoms with Crippen molar-refractivity contribution < 1.29 is 14.6 Å². The third-order valence-electron chi connectivity index (χ3n) is 6.44. The van der Waals surface area contributed by atoms with Crippen molar-refractivity contribution in [2.24, 2.45) is 0 Å². The van der Waals surface area contributed by atoms with Crippen LogP contribution in [0.15, 0.2) is 60.8 Å². The number of rotatable bonds is 10. The number of aromatic nitrogens is 2. The van der Waals surface area contributed by atoms with Gasteiger partial charge in [0.15, 0.2) is 0 Å². The second-order valence-corrected chi connectivity index (χ2v) is 9.19. The van der Waals surface area contributed by atoms with Crippen LogP contribution in [0.25, 0.3) is 0 Å². The van der Waals surface area contributed by atoms with Crippen LogP contribution in [0.3, 0.4) is 0 Å². The average Bonchev–Trinajstić information content (AvgIpc) is 2.88. The SMILES string of the molecule is CC(C)c1ccccc1OCCN1CCN(c2ncc(C(=O)O)c(CCc3ccccc3)n2)CC1. The van der Waals surface area contributed by atoms with Crippen LogP contribution in [0.5, 0.6) is 5.75 Å². The summed E-state index contributed by atoms with van der Waals surface area (Å²) in [7, 11) is 0. The van der Waals surface area contributed by atoms with Gasteiger partial charge in [0, 0.05) is 38.9 Å². The number of hydrogen-bond acceptors (Lipinski definition) is 6. The Kier molecular flexibility index (Phi) is 8.32. The third-order valence-corrected chi connectivity index (χ3v) is 6.44. The number of piperazine rings is 1. The van der Waals surface area contributed by atoms with E-state index in [2.05, 4.69) is 45.7 Å². The fourth-order valence-corrected chi connectivity index (χ4v) is 4.38. The predicted octanol–water partition coefficient (Wildman–Crippen LogP) is 4.28. The van der Waals surface area contributed by atoms with E-state index < -0.39 is 5.97 Å². The van der Waals surface area contributed by atoms with E-state index in [4.69, 9.17) is 4.74 Å². The van der Waals surface area contributed by atoms with Crippen LogP contribution in [0.4, 0.5) is 5.95 Å². The molecule has 2 heterocycles. The Bertz CT molecular complexity index is 1110. The van der Waals surface area contributed by atoms with Crippen molar-refractivity contribution in [3.63, 3.8) is 0 Å². The van der Waals surface area contributed by atoms with E-state index in [9.17, 15) is 9.90 Å². The van der Waals surface area contributed by atoms with E-state index in [0.717, 1.165) is 50.5 Å².